The summed E-state index contributed by atoms with van der Waals surface area (Å²) in [5, 5.41) is 2.82. The highest BCUT2D eigenvalue weighted by molar-refractivity contribution is 9.12. The number of thiophene rings is 2. The average Bonchev–Trinajstić information content (AvgIpc) is 2.71. The summed E-state index contributed by atoms with van der Waals surface area (Å²) in [6, 6.07) is 1.87. The summed E-state index contributed by atoms with van der Waals surface area (Å²) in [6.07, 6.45) is 0. The third kappa shape index (κ3) is 2.40. The zero-order valence-corrected chi connectivity index (χ0v) is 13.8. The summed E-state index contributed by atoms with van der Waals surface area (Å²) in [5.41, 5.74) is 8.38. The molecule has 0 aliphatic rings. The van der Waals surface area contributed by atoms with Gasteiger partial charge in [0.1, 0.15) is 0 Å². The Morgan fingerprint density at radius 2 is 2.12 bits per heavy atom. The van der Waals surface area contributed by atoms with Gasteiger partial charge in [-0.05, 0) is 55.8 Å². The van der Waals surface area contributed by atoms with Crippen molar-refractivity contribution in [2.75, 3.05) is 0 Å². The monoisotopic (exact) mass is 399 g/mol. The standard InChI is InChI=1S/C10H8Br2ClNS2/c1-4-3-15-9(7(4)13)8(14)5-2-6(11)16-10(5)12/h2-3,8H,14H2,1H3. The number of rotatable bonds is 2. The molecule has 2 rings (SSSR count). The highest BCUT2D eigenvalue weighted by atomic mass is 79.9. The van der Waals surface area contributed by atoms with Gasteiger partial charge in [0.05, 0.1) is 18.6 Å². The van der Waals surface area contributed by atoms with Crippen molar-refractivity contribution in [3.05, 3.63) is 40.0 Å². The molecule has 2 N–H and O–H groups in total. The minimum Gasteiger partial charge on any atom is -0.320 e. The summed E-state index contributed by atoms with van der Waals surface area (Å²) in [7, 11) is 0. The van der Waals surface area contributed by atoms with Crippen LogP contribution in [0.1, 0.15) is 22.0 Å². The van der Waals surface area contributed by atoms with Crippen molar-refractivity contribution in [3.8, 4) is 0 Å². The summed E-state index contributed by atoms with van der Waals surface area (Å²) >= 11 is 16.4. The lowest BCUT2D eigenvalue weighted by molar-refractivity contribution is 0.894. The molecule has 0 radical (unpaired) electrons. The van der Waals surface area contributed by atoms with Crippen molar-refractivity contribution >= 4 is 66.1 Å². The Labute approximate surface area is 124 Å². The second-order valence-electron chi connectivity index (χ2n) is 3.35. The van der Waals surface area contributed by atoms with Crippen molar-refractivity contribution in [2.24, 2.45) is 5.73 Å². The van der Waals surface area contributed by atoms with E-state index >= 15 is 0 Å². The van der Waals surface area contributed by atoms with E-state index in [0.29, 0.717) is 0 Å². The molecule has 2 aromatic rings. The number of halogens is 3. The van der Waals surface area contributed by atoms with Crippen LogP contribution in [0, 0.1) is 6.92 Å². The third-order valence-electron chi connectivity index (χ3n) is 2.23. The Morgan fingerprint density at radius 3 is 2.56 bits per heavy atom. The van der Waals surface area contributed by atoms with Crippen molar-refractivity contribution in [1.82, 2.24) is 0 Å². The fourth-order valence-electron chi connectivity index (χ4n) is 1.37. The predicted octanol–water partition coefficient (Wildman–Crippen LogP) is 5.34. The Morgan fingerprint density at radius 1 is 1.44 bits per heavy atom. The van der Waals surface area contributed by atoms with E-state index in [0.717, 1.165) is 28.6 Å². The van der Waals surface area contributed by atoms with Crippen LogP contribution in [0.15, 0.2) is 19.0 Å². The van der Waals surface area contributed by atoms with Gasteiger partial charge in [0.2, 0.25) is 0 Å². The fraction of sp³-hybridized carbons (Fsp3) is 0.200. The van der Waals surface area contributed by atoms with E-state index in [1.807, 2.05) is 18.4 Å². The van der Waals surface area contributed by atoms with Crippen LogP contribution in [0.2, 0.25) is 5.02 Å². The van der Waals surface area contributed by atoms with Crippen molar-refractivity contribution in [1.29, 1.82) is 0 Å². The molecule has 0 saturated heterocycles. The topological polar surface area (TPSA) is 26.0 Å². The van der Waals surface area contributed by atoms with Gasteiger partial charge in [-0.25, -0.2) is 0 Å². The fourth-order valence-corrected chi connectivity index (χ4v) is 5.62. The molecule has 0 saturated carbocycles. The van der Waals surface area contributed by atoms with E-state index in [4.69, 9.17) is 17.3 Å². The first-order chi connectivity index (χ1) is 7.50. The molecule has 6 heteroatoms. The van der Waals surface area contributed by atoms with Crippen LogP contribution in [-0.4, -0.2) is 0 Å². The molecule has 0 aliphatic heterocycles. The van der Waals surface area contributed by atoms with Gasteiger partial charge in [-0.1, -0.05) is 11.6 Å². The van der Waals surface area contributed by atoms with Gasteiger partial charge in [-0.3, -0.25) is 0 Å². The molecule has 1 nitrogen and oxygen atoms in total. The predicted molar refractivity (Wildman–Crippen MR) is 79.8 cm³/mol. The highest BCUT2D eigenvalue weighted by Crippen LogP contribution is 2.41. The van der Waals surface area contributed by atoms with Crippen LogP contribution in [0.5, 0.6) is 0 Å². The van der Waals surface area contributed by atoms with E-state index in [1.165, 1.54) is 0 Å². The second-order valence-corrected chi connectivity index (χ2v) is 8.39. The molecule has 86 valence electrons. The van der Waals surface area contributed by atoms with Gasteiger partial charge in [0, 0.05) is 10.4 Å². The zero-order chi connectivity index (χ0) is 11.9. The van der Waals surface area contributed by atoms with Crippen LogP contribution in [0.25, 0.3) is 0 Å². The zero-order valence-electron chi connectivity index (χ0n) is 8.26. The normalized spacial score (nSPS) is 13.1. The third-order valence-corrected chi connectivity index (χ3v) is 6.41. The summed E-state index contributed by atoms with van der Waals surface area (Å²) in [5.74, 6) is 0. The lowest BCUT2D eigenvalue weighted by Gasteiger charge is -2.09. The van der Waals surface area contributed by atoms with Crippen molar-refractivity contribution in [3.63, 3.8) is 0 Å². The van der Waals surface area contributed by atoms with Crippen molar-refractivity contribution < 1.29 is 0 Å². The van der Waals surface area contributed by atoms with Gasteiger partial charge >= 0.3 is 0 Å². The van der Waals surface area contributed by atoms with Gasteiger partial charge < -0.3 is 5.73 Å². The maximum atomic E-state index is 6.23. The van der Waals surface area contributed by atoms with Crippen LogP contribution in [0.4, 0.5) is 0 Å². The van der Waals surface area contributed by atoms with Gasteiger partial charge in [-0.15, -0.1) is 22.7 Å². The number of hydrogen-bond donors (Lipinski definition) is 1. The molecular formula is C10H8Br2ClNS2. The molecule has 0 aromatic carbocycles. The molecule has 0 amide bonds. The molecule has 0 fully saturated rings. The lowest BCUT2D eigenvalue weighted by atomic mass is 10.1. The van der Waals surface area contributed by atoms with Gasteiger partial charge in [0.15, 0.2) is 0 Å². The molecule has 2 aromatic heterocycles. The molecule has 1 atom stereocenters. The van der Waals surface area contributed by atoms with E-state index in [-0.39, 0.29) is 6.04 Å². The Hall–Kier alpha value is 0.610. The van der Waals surface area contributed by atoms with Crippen molar-refractivity contribution in [2.45, 2.75) is 13.0 Å². The maximum Gasteiger partial charge on any atom is 0.0761 e. The average molecular weight is 402 g/mol. The summed E-state index contributed by atoms with van der Waals surface area (Å²) in [4.78, 5) is 1.02. The number of nitrogens with two attached hydrogens (primary N) is 1. The molecule has 0 spiro atoms. The van der Waals surface area contributed by atoms with E-state index in [1.54, 1.807) is 22.7 Å². The SMILES string of the molecule is Cc1csc(C(N)c2cc(Br)sc2Br)c1Cl. The van der Waals surface area contributed by atoms with E-state index < -0.39 is 0 Å². The first-order valence-electron chi connectivity index (χ1n) is 4.44. The minimum atomic E-state index is -0.164. The summed E-state index contributed by atoms with van der Waals surface area (Å²) in [6.45, 7) is 1.99. The molecule has 2 heterocycles. The van der Waals surface area contributed by atoms with Gasteiger partial charge in [-0.2, -0.15) is 0 Å². The van der Waals surface area contributed by atoms with Crippen LogP contribution < -0.4 is 5.73 Å². The molecule has 16 heavy (non-hydrogen) atoms. The number of aryl methyl sites for hydroxylation is 1. The Balaban J connectivity index is 2.42. The molecule has 1 unspecified atom stereocenters. The molecule has 0 aliphatic carbocycles. The first kappa shape index (κ1) is 13.1. The minimum absolute atomic E-state index is 0.164. The molecule has 0 bridgehead atoms. The van der Waals surface area contributed by atoms with Crippen LogP contribution in [0.3, 0.4) is 0 Å². The lowest BCUT2D eigenvalue weighted by Crippen LogP contribution is -2.10. The van der Waals surface area contributed by atoms with Gasteiger partial charge in [0.25, 0.3) is 0 Å². The largest absolute Gasteiger partial charge is 0.320 e. The Bertz CT molecular complexity index is 519. The van der Waals surface area contributed by atoms with Crippen LogP contribution in [-0.2, 0) is 0 Å². The van der Waals surface area contributed by atoms with E-state index in [9.17, 15) is 0 Å². The summed E-state index contributed by atoms with van der Waals surface area (Å²) < 4.78 is 2.11. The Kier molecular flexibility index (Phi) is 4.14. The van der Waals surface area contributed by atoms with Crippen LogP contribution >= 0.6 is 66.1 Å². The quantitative estimate of drug-likeness (QED) is 0.722. The first-order valence-corrected chi connectivity index (χ1v) is 8.10. The smallest absolute Gasteiger partial charge is 0.0761 e. The molecular weight excluding hydrogens is 394 g/mol. The van der Waals surface area contributed by atoms with E-state index in [2.05, 4.69) is 31.9 Å². The second kappa shape index (κ2) is 5.08. The number of hydrogen-bond acceptors (Lipinski definition) is 3. The maximum absolute atomic E-state index is 6.23. The highest BCUT2D eigenvalue weighted by Gasteiger charge is 2.20.